The number of phenolic OH excluding ortho intramolecular Hbond substituents is 1. The number of aryl methyl sites for hydroxylation is 2. The van der Waals surface area contributed by atoms with Crippen LogP contribution in [0.3, 0.4) is 0 Å². The fourth-order valence-corrected chi connectivity index (χ4v) is 3.47. The number of rotatable bonds is 10. The Kier molecular flexibility index (Phi) is 7.75. The number of hydrazone groups is 2. The molecule has 0 saturated heterocycles. The first kappa shape index (κ1) is 22.5. The fraction of sp³-hybridized carbons (Fsp3) is 0.348. The van der Waals surface area contributed by atoms with Crippen LogP contribution in [0.25, 0.3) is 0 Å². The van der Waals surface area contributed by atoms with Gasteiger partial charge in [0.25, 0.3) is 5.91 Å². The molecule has 0 bridgehead atoms. The summed E-state index contributed by atoms with van der Waals surface area (Å²) in [6.07, 6.45) is 2.67. The van der Waals surface area contributed by atoms with E-state index in [4.69, 9.17) is 10.8 Å². The number of carbonyl (C=O) groups is 1. The van der Waals surface area contributed by atoms with Gasteiger partial charge in [0.1, 0.15) is 5.75 Å². The maximum Gasteiger partial charge on any atom is 0.296 e. The first-order chi connectivity index (χ1) is 15.0. The number of benzene rings is 2. The third kappa shape index (κ3) is 5.48. The third-order valence-electron chi connectivity index (χ3n) is 5.24. The number of amides is 1. The molecular weight excluding hydrogens is 394 g/mol. The van der Waals surface area contributed by atoms with Gasteiger partial charge in [-0.25, -0.2) is 5.01 Å². The van der Waals surface area contributed by atoms with Gasteiger partial charge in [-0.15, -0.1) is 0 Å². The Morgan fingerprint density at radius 2 is 1.77 bits per heavy atom. The van der Waals surface area contributed by atoms with E-state index in [0.29, 0.717) is 43.8 Å². The highest BCUT2D eigenvalue weighted by molar-refractivity contribution is 6.68. The second kappa shape index (κ2) is 10.7. The number of para-hydroxylation sites is 1. The number of nitrogens with two attached hydrogens (primary N) is 1. The Balaban J connectivity index is 1.68. The second-order valence-corrected chi connectivity index (χ2v) is 7.40. The monoisotopic (exact) mass is 423 g/mol. The van der Waals surface area contributed by atoms with Gasteiger partial charge in [0, 0.05) is 19.7 Å². The summed E-state index contributed by atoms with van der Waals surface area (Å²) in [5.74, 6) is -0.186. The summed E-state index contributed by atoms with van der Waals surface area (Å²) in [6.45, 7) is 2.71. The number of unbranched alkanes of at least 4 members (excludes halogenated alkanes) is 1. The van der Waals surface area contributed by atoms with Crippen LogP contribution in [0.5, 0.6) is 5.75 Å². The molecule has 0 saturated carbocycles. The number of hydrogen-bond donors (Lipinski definition) is 4. The number of aromatic hydroxyl groups is 1. The highest BCUT2D eigenvalue weighted by Crippen LogP contribution is 2.29. The zero-order chi connectivity index (χ0) is 22.2. The zero-order valence-corrected chi connectivity index (χ0v) is 17.7. The minimum Gasteiger partial charge on any atom is -0.505 e. The summed E-state index contributed by atoms with van der Waals surface area (Å²) in [5.41, 5.74) is 12.8. The van der Waals surface area contributed by atoms with Crippen LogP contribution in [0.2, 0.25) is 0 Å². The smallest absolute Gasteiger partial charge is 0.296 e. The van der Waals surface area contributed by atoms with Crippen molar-refractivity contribution in [1.29, 1.82) is 0 Å². The van der Waals surface area contributed by atoms with Gasteiger partial charge in [0.2, 0.25) is 0 Å². The van der Waals surface area contributed by atoms with Gasteiger partial charge in [-0.2, -0.15) is 10.2 Å². The molecule has 0 aliphatic carbocycles. The van der Waals surface area contributed by atoms with Gasteiger partial charge in [-0.05, 0) is 55.4 Å². The molecule has 0 unspecified atom stereocenters. The number of nitrogens with one attached hydrogen (secondary N) is 1. The van der Waals surface area contributed by atoms with Crippen LogP contribution < -0.4 is 11.2 Å². The van der Waals surface area contributed by atoms with Crippen molar-refractivity contribution in [2.24, 2.45) is 15.9 Å². The summed E-state index contributed by atoms with van der Waals surface area (Å²) in [4.78, 5) is 12.5. The Bertz CT molecular complexity index is 987. The summed E-state index contributed by atoms with van der Waals surface area (Å²) in [7, 11) is 0. The highest BCUT2D eigenvalue weighted by atomic mass is 16.3. The molecule has 1 aliphatic heterocycles. The summed E-state index contributed by atoms with van der Waals surface area (Å²) >= 11 is 0. The van der Waals surface area contributed by atoms with E-state index in [0.717, 1.165) is 23.1 Å². The average Bonchev–Trinajstić information content (AvgIpc) is 3.05. The lowest BCUT2D eigenvalue weighted by molar-refractivity contribution is -0.123. The molecule has 1 amide bonds. The first-order valence-electron chi connectivity index (χ1n) is 10.4. The summed E-state index contributed by atoms with van der Waals surface area (Å²) < 4.78 is 0. The molecule has 1 aliphatic rings. The normalized spacial score (nSPS) is 14.9. The molecule has 31 heavy (non-hydrogen) atoms. The average molecular weight is 424 g/mol. The van der Waals surface area contributed by atoms with E-state index in [1.165, 1.54) is 5.01 Å². The van der Waals surface area contributed by atoms with E-state index < -0.39 is 0 Å². The van der Waals surface area contributed by atoms with Crippen molar-refractivity contribution in [3.8, 4) is 5.75 Å². The number of aliphatic hydroxyl groups excluding tert-OH is 1. The van der Waals surface area contributed by atoms with E-state index in [1.807, 2.05) is 36.4 Å². The maximum atomic E-state index is 12.5. The van der Waals surface area contributed by atoms with E-state index in [1.54, 1.807) is 13.0 Å². The summed E-state index contributed by atoms with van der Waals surface area (Å²) in [6, 6.07) is 13.4. The van der Waals surface area contributed by atoms with Gasteiger partial charge in [0.15, 0.2) is 5.71 Å². The Morgan fingerprint density at radius 3 is 2.52 bits per heavy atom. The van der Waals surface area contributed by atoms with Crippen LogP contribution in [0.15, 0.2) is 52.7 Å². The van der Waals surface area contributed by atoms with Crippen molar-refractivity contribution in [2.75, 3.05) is 18.6 Å². The highest BCUT2D eigenvalue weighted by Gasteiger charge is 2.29. The second-order valence-electron chi connectivity index (χ2n) is 7.40. The molecule has 2 aromatic rings. The van der Waals surface area contributed by atoms with Crippen LogP contribution in [0.1, 0.15) is 36.5 Å². The third-order valence-corrected chi connectivity index (χ3v) is 5.24. The molecule has 8 nitrogen and oxygen atoms in total. The molecule has 0 atom stereocenters. The minimum absolute atomic E-state index is 0.0840. The Labute approximate surface area is 182 Å². The molecule has 1 heterocycles. The van der Waals surface area contributed by atoms with Gasteiger partial charge >= 0.3 is 0 Å². The van der Waals surface area contributed by atoms with Crippen molar-refractivity contribution in [2.45, 2.75) is 39.2 Å². The topological polar surface area (TPSA) is 124 Å². The SMILES string of the molecule is CC1=NN(CCCCO)C(=O)C1=NNc1cccc(CCc2ccccc2CN)c1O. The molecule has 0 fully saturated rings. The Morgan fingerprint density at radius 1 is 1.06 bits per heavy atom. The number of nitrogens with zero attached hydrogens (tertiary/aromatic N) is 3. The van der Waals surface area contributed by atoms with Crippen LogP contribution in [0, 0.1) is 0 Å². The van der Waals surface area contributed by atoms with Crippen LogP contribution >= 0.6 is 0 Å². The lowest BCUT2D eigenvalue weighted by Gasteiger charge is -2.12. The molecule has 2 aromatic carbocycles. The van der Waals surface area contributed by atoms with Crippen molar-refractivity contribution in [3.05, 3.63) is 59.2 Å². The standard InChI is InChI=1S/C23H29N5O3/c1-16-21(23(31)28(27-16)13-4-5-14-29)26-25-20-10-6-9-18(22(20)30)12-11-17-7-2-3-8-19(17)15-24/h2-3,6-10,25,29-30H,4-5,11-15,24H2,1H3. The number of carbonyl (C=O) groups excluding carboxylic acids is 1. The predicted molar refractivity (Wildman–Crippen MR) is 122 cm³/mol. The first-order valence-corrected chi connectivity index (χ1v) is 10.4. The van der Waals surface area contributed by atoms with Gasteiger partial charge in [-0.1, -0.05) is 36.4 Å². The fourth-order valence-electron chi connectivity index (χ4n) is 3.47. The van der Waals surface area contributed by atoms with E-state index in [9.17, 15) is 9.90 Å². The zero-order valence-electron chi connectivity index (χ0n) is 17.7. The maximum absolute atomic E-state index is 12.5. The molecule has 8 heteroatoms. The van der Waals surface area contributed by atoms with Crippen molar-refractivity contribution in [3.63, 3.8) is 0 Å². The number of phenols is 1. The van der Waals surface area contributed by atoms with Crippen molar-refractivity contribution < 1.29 is 15.0 Å². The van der Waals surface area contributed by atoms with Gasteiger partial charge in [0.05, 0.1) is 11.4 Å². The van der Waals surface area contributed by atoms with E-state index in [2.05, 4.69) is 15.6 Å². The van der Waals surface area contributed by atoms with Crippen LogP contribution in [-0.4, -0.2) is 45.7 Å². The Hall–Kier alpha value is -3.23. The molecule has 0 radical (unpaired) electrons. The molecule has 3 rings (SSSR count). The van der Waals surface area contributed by atoms with Crippen LogP contribution in [0.4, 0.5) is 5.69 Å². The molecule has 5 N–H and O–H groups in total. The van der Waals surface area contributed by atoms with Crippen molar-refractivity contribution in [1.82, 2.24) is 5.01 Å². The molecule has 0 spiro atoms. The van der Waals surface area contributed by atoms with Gasteiger partial charge in [-0.3, -0.25) is 10.2 Å². The lowest BCUT2D eigenvalue weighted by Crippen LogP contribution is -2.29. The van der Waals surface area contributed by atoms with E-state index in [-0.39, 0.29) is 24.0 Å². The van der Waals surface area contributed by atoms with E-state index >= 15 is 0 Å². The number of hydrogen-bond acceptors (Lipinski definition) is 7. The van der Waals surface area contributed by atoms with Crippen LogP contribution in [-0.2, 0) is 24.2 Å². The van der Waals surface area contributed by atoms with Gasteiger partial charge < -0.3 is 15.9 Å². The predicted octanol–water partition coefficient (Wildman–Crippen LogP) is 2.39. The molecule has 0 aromatic heterocycles. The number of anilines is 1. The molecule has 164 valence electrons. The molecular formula is C23H29N5O3. The quantitative estimate of drug-likeness (QED) is 0.265. The number of aliphatic hydroxyl groups is 1. The largest absolute Gasteiger partial charge is 0.505 e. The minimum atomic E-state index is -0.294. The summed E-state index contributed by atoms with van der Waals surface area (Å²) in [5, 5.41) is 29.4. The van der Waals surface area contributed by atoms with Crippen molar-refractivity contribution >= 4 is 23.0 Å². The lowest BCUT2D eigenvalue weighted by atomic mass is 9.99.